The van der Waals surface area contributed by atoms with Crippen LogP contribution in [0.3, 0.4) is 0 Å². The van der Waals surface area contributed by atoms with Crippen LogP contribution >= 0.6 is 11.3 Å². The molecule has 0 fully saturated rings. The van der Waals surface area contributed by atoms with Crippen LogP contribution in [0.1, 0.15) is 35.8 Å². The molecule has 0 amide bonds. The van der Waals surface area contributed by atoms with Crippen LogP contribution in [-0.2, 0) is 0 Å². The van der Waals surface area contributed by atoms with Crippen LogP contribution in [0.25, 0.3) is 10.1 Å². The molecule has 2 aromatic heterocycles. The first-order valence-electron chi connectivity index (χ1n) is 7.06. The summed E-state index contributed by atoms with van der Waals surface area (Å²) >= 11 is 1.84. The summed E-state index contributed by atoms with van der Waals surface area (Å²) in [4.78, 5) is 1.31. The maximum absolute atomic E-state index is 5.84. The number of fused-ring (bicyclic) bond motifs is 1. The van der Waals surface area contributed by atoms with Crippen molar-refractivity contribution in [1.29, 1.82) is 0 Å². The first-order valence-corrected chi connectivity index (χ1v) is 7.88. The van der Waals surface area contributed by atoms with Gasteiger partial charge in [-0.05, 0) is 49.5 Å². The van der Waals surface area contributed by atoms with Gasteiger partial charge in [0.15, 0.2) is 0 Å². The number of hydrogen-bond donors (Lipinski definition) is 1. The summed E-state index contributed by atoms with van der Waals surface area (Å²) in [6.07, 6.45) is 1.11. The van der Waals surface area contributed by atoms with Crippen LogP contribution in [0.2, 0.25) is 0 Å². The van der Waals surface area contributed by atoms with Gasteiger partial charge in [0.2, 0.25) is 0 Å². The zero-order chi connectivity index (χ0) is 13.9. The normalized spacial score (nSPS) is 12.9. The van der Waals surface area contributed by atoms with E-state index in [1.54, 1.807) is 0 Å². The zero-order valence-electron chi connectivity index (χ0n) is 11.8. The van der Waals surface area contributed by atoms with Crippen molar-refractivity contribution >= 4 is 21.4 Å². The molecule has 0 bridgehead atoms. The molecule has 2 nitrogen and oxygen atoms in total. The Morgan fingerprint density at radius 3 is 2.75 bits per heavy atom. The van der Waals surface area contributed by atoms with Crippen LogP contribution < -0.4 is 5.32 Å². The van der Waals surface area contributed by atoms with Gasteiger partial charge in [0.05, 0.1) is 0 Å². The van der Waals surface area contributed by atoms with Gasteiger partial charge in [-0.3, -0.25) is 0 Å². The first-order chi connectivity index (χ1) is 9.78. The fraction of sp³-hybridized carbons (Fsp3) is 0.294. The second-order valence-corrected chi connectivity index (χ2v) is 6.14. The molecule has 3 aromatic rings. The molecule has 1 unspecified atom stereocenters. The fourth-order valence-corrected chi connectivity index (χ4v) is 3.53. The minimum absolute atomic E-state index is 0.154. The Kier molecular flexibility index (Phi) is 3.90. The van der Waals surface area contributed by atoms with Crippen LogP contribution in [0, 0.1) is 6.92 Å². The Balaban J connectivity index is 1.99. The molecule has 0 saturated carbocycles. The molecule has 0 spiro atoms. The molecule has 0 aliphatic carbocycles. The van der Waals surface area contributed by atoms with E-state index in [-0.39, 0.29) is 6.04 Å². The standard InChI is InChI=1S/C17H19NOS/c1-3-10-18-17(14-9-8-12(2)19-14)16-11-13-6-4-5-7-15(13)20-16/h4-9,11,17-18H,3,10H2,1-2H3. The SMILES string of the molecule is CCCNC(c1ccc(C)o1)c1cc2ccccc2s1. The fourth-order valence-electron chi connectivity index (χ4n) is 2.38. The maximum Gasteiger partial charge on any atom is 0.126 e. The van der Waals surface area contributed by atoms with E-state index in [9.17, 15) is 0 Å². The van der Waals surface area contributed by atoms with E-state index in [4.69, 9.17) is 4.42 Å². The summed E-state index contributed by atoms with van der Waals surface area (Å²) in [5.41, 5.74) is 0. The summed E-state index contributed by atoms with van der Waals surface area (Å²) < 4.78 is 7.17. The van der Waals surface area contributed by atoms with Crippen molar-refractivity contribution < 1.29 is 4.42 Å². The summed E-state index contributed by atoms with van der Waals surface area (Å²) in [6.45, 7) is 5.16. The number of aryl methyl sites for hydroxylation is 1. The summed E-state index contributed by atoms with van der Waals surface area (Å²) in [5, 5.41) is 4.90. The lowest BCUT2D eigenvalue weighted by Gasteiger charge is -2.14. The van der Waals surface area contributed by atoms with E-state index in [1.807, 2.05) is 24.3 Å². The van der Waals surface area contributed by atoms with Crippen molar-refractivity contribution in [2.75, 3.05) is 6.54 Å². The van der Waals surface area contributed by atoms with Crippen molar-refractivity contribution in [2.24, 2.45) is 0 Å². The predicted molar refractivity (Wildman–Crippen MR) is 85.4 cm³/mol. The Morgan fingerprint density at radius 1 is 1.20 bits per heavy atom. The molecule has 1 N–H and O–H groups in total. The predicted octanol–water partition coefficient (Wildman–Crippen LogP) is 4.89. The van der Waals surface area contributed by atoms with E-state index >= 15 is 0 Å². The number of nitrogens with one attached hydrogen (secondary N) is 1. The van der Waals surface area contributed by atoms with Crippen molar-refractivity contribution in [2.45, 2.75) is 26.3 Å². The molecule has 0 aliphatic heterocycles. The van der Waals surface area contributed by atoms with Gasteiger partial charge in [0.1, 0.15) is 17.6 Å². The lowest BCUT2D eigenvalue weighted by atomic mass is 10.1. The lowest BCUT2D eigenvalue weighted by Crippen LogP contribution is -2.21. The lowest BCUT2D eigenvalue weighted by molar-refractivity contribution is 0.433. The average Bonchev–Trinajstić information content (AvgIpc) is 3.05. The van der Waals surface area contributed by atoms with E-state index in [0.29, 0.717) is 0 Å². The topological polar surface area (TPSA) is 25.2 Å². The summed E-state index contributed by atoms with van der Waals surface area (Å²) in [6, 6.07) is 15.0. The Bertz CT molecular complexity index is 665. The third-order valence-corrected chi connectivity index (χ3v) is 4.55. The Morgan fingerprint density at radius 2 is 2.05 bits per heavy atom. The Hall–Kier alpha value is -1.58. The summed E-state index contributed by atoms with van der Waals surface area (Å²) in [5.74, 6) is 1.96. The van der Waals surface area contributed by atoms with Gasteiger partial charge in [-0.25, -0.2) is 0 Å². The van der Waals surface area contributed by atoms with Crippen molar-refractivity contribution in [1.82, 2.24) is 5.32 Å². The number of furan rings is 1. The second kappa shape index (κ2) is 5.81. The van der Waals surface area contributed by atoms with Gasteiger partial charge in [-0.15, -0.1) is 11.3 Å². The highest BCUT2D eigenvalue weighted by Gasteiger charge is 2.19. The van der Waals surface area contributed by atoms with Gasteiger partial charge in [-0.1, -0.05) is 25.1 Å². The average molecular weight is 285 g/mol. The largest absolute Gasteiger partial charge is 0.464 e. The van der Waals surface area contributed by atoms with Crippen molar-refractivity contribution in [3.05, 3.63) is 58.9 Å². The minimum atomic E-state index is 0.154. The molecule has 1 aromatic carbocycles. The summed E-state index contributed by atoms with van der Waals surface area (Å²) in [7, 11) is 0. The molecule has 3 heteroatoms. The monoisotopic (exact) mass is 285 g/mol. The Labute approximate surface area is 123 Å². The molecule has 1 atom stereocenters. The van der Waals surface area contributed by atoms with Gasteiger partial charge < -0.3 is 9.73 Å². The molecule has 0 saturated heterocycles. The van der Waals surface area contributed by atoms with Crippen LogP contribution in [-0.4, -0.2) is 6.54 Å². The van der Waals surface area contributed by atoms with E-state index in [2.05, 4.69) is 48.6 Å². The number of thiophene rings is 1. The highest BCUT2D eigenvalue weighted by molar-refractivity contribution is 7.19. The van der Waals surface area contributed by atoms with Gasteiger partial charge in [0.25, 0.3) is 0 Å². The third kappa shape index (κ3) is 2.65. The van der Waals surface area contributed by atoms with E-state index < -0.39 is 0 Å². The molecule has 2 heterocycles. The quantitative estimate of drug-likeness (QED) is 0.722. The van der Waals surface area contributed by atoms with Crippen LogP contribution in [0.4, 0.5) is 0 Å². The highest BCUT2D eigenvalue weighted by Crippen LogP contribution is 2.33. The van der Waals surface area contributed by atoms with Crippen molar-refractivity contribution in [3.8, 4) is 0 Å². The molecule has 0 aliphatic rings. The molecular formula is C17H19NOS. The minimum Gasteiger partial charge on any atom is -0.464 e. The molecule has 20 heavy (non-hydrogen) atoms. The highest BCUT2D eigenvalue weighted by atomic mass is 32.1. The molecule has 0 radical (unpaired) electrons. The van der Waals surface area contributed by atoms with Crippen molar-refractivity contribution in [3.63, 3.8) is 0 Å². The number of rotatable bonds is 5. The molecule has 3 rings (SSSR count). The molecular weight excluding hydrogens is 266 g/mol. The van der Waals surface area contributed by atoms with Crippen LogP contribution in [0.15, 0.2) is 46.9 Å². The third-order valence-electron chi connectivity index (χ3n) is 3.37. The van der Waals surface area contributed by atoms with Crippen LogP contribution in [0.5, 0.6) is 0 Å². The smallest absolute Gasteiger partial charge is 0.126 e. The zero-order valence-corrected chi connectivity index (χ0v) is 12.7. The number of hydrogen-bond acceptors (Lipinski definition) is 3. The van der Waals surface area contributed by atoms with Gasteiger partial charge >= 0.3 is 0 Å². The molecule has 104 valence electrons. The number of benzene rings is 1. The van der Waals surface area contributed by atoms with E-state index in [1.165, 1.54) is 15.0 Å². The first kappa shape index (κ1) is 13.4. The maximum atomic E-state index is 5.84. The second-order valence-electron chi connectivity index (χ2n) is 5.02. The van der Waals surface area contributed by atoms with Gasteiger partial charge in [-0.2, -0.15) is 0 Å². The van der Waals surface area contributed by atoms with E-state index in [0.717, 1.165) is 24.5 Å². The van der Waals surface area contributed by atoms with Gasteiger partial charge in [0, 0.05) is 9.58 Å².